The first-order valence-corrected chi connectivity index (χ1v) is 8.25. The zero-order valence-electron chi connectivity index (χ0n) is 12.2. The number of rotatable bonds is 3. The average Bonchev–Trinajstić information content (AvgIpc) is 3.16. The average molecular weight is 309 g/mol. The first-order chi connectivity index (χ1) is 10.8. The van der Waals surface area contributed by atoms with E-state index >= 15 is 0 Å². The largest absolute Gasteiger partial charge is 0.296 e. The number of hydrogen-bond donors (Lipinski definition) is 1. The third-order valence-electron chi connectivity index (χ3n) is 4.11. The van der Waals surface area contributed by atoms with Gasteiger partial charge in [-0.15, -0.1) is 10.2 Å². The quantitative estimate of drug-likeness (QED) is 0.804. The topological polar surface area (TPSA) is 54.9 Å². The molecular weight excluding hydrogens is 294 g/mol. The molecule has 5 heteroatoms. The van der Waals surface area contributed by atoms with Gasteiger partial charge in [0.25, 0.3) is 5.91 Å². The van der Waals surface area contributed by atoms with Crippen molar-refractivity contribution in [2.45, 2.75) is 26.2 Å². The van der Waals surface area contributed by atoms with Crippen molar-refractivity contribution in [3.05, 3.63) is 52.0 Å². The summed E-state index contributed by atoms with van der Waals surface area (Å²) < 4.78 is 0. The SMILES string of the molecule is CCc1nnc(NC(=O)c2ccc3c4c(cccc24)CC3)s1. The van der Waals surface area contributed by atoms with E-state index in [1.54, 1.807) is 0 Å². The molecular formula is C17H15N3OS. The van der Waals surface area contributed by atoms with Gasteiger partial charge in [0, 0.05) is 5.56 Å². The molecule has 0 atom stereocenters. The van der Waals surface area contributed by atoms with Crippen molar-refractivity contribution in [2.24, 2.45) is 0 Å². The molecule has 1 N–H and O–H groups in total. The number of hydrogen-bond acceptors (Lipinski definition) is 4. The zero-order valence-corrected chi connectivity index (χ0v) is 13.0. The van der Waals surface area contributed by atoms with Crippen molar-refractivity contribution < 1.29 is 4.79 Å². The fraction of sp³-hybridized carbons (Fsp3) is 0.235. The van der Waals surface area contributed by atoms with E-state index in [0.29, 0.717) is 10.7 Å². The zero-order chi connectivity index (χ0) is 15.1. The van der Waals surface area contributed by atoms with Gasteiger partial charge in [-0.3, -0.25) is 10.1 Å². The van der Waals surface area contributed by atoms with Crippen molar-refractivity contribution in [3.63, 3.8) is 0 Å². The van der Waals surface area contributed by atoms with Crippen LogP contribution in [0.25, 0.3) is 10.8 Å². The molecule has 0 aliphatic heterocycles. The Morgan fingerprint density at radius 3 is 2.77 bits per heavy atom. The number of carbonyl (C=O) groups excluding carboxylic acids is 1. The molecule has 110 valence electrons. The predicted octanol–water partition coefficient (Wildman–Crippen LogP) is 3.60. The highest BCUT2D eigenvalue weighted by molar-refractivity contribution is 7.15. The summed E-state index contributed by atoms with van der Waals surface area (Å²) in [4.78, 5) is 12.6. The van der Waals surface area contributed by atoms with Gasteiger partial charge in [0.15, 0.2) is 0 Å². The maximum absolute atomic E-state index is 12.6. The molecule has 1 heterocycles. The molecule has 3 aromatic rings. The monoisotopic (exact) mass is 309 g/mol. The molecule has 2 aromatic carbocycles. The van der Waals surface area contributed by atoms with Crippen LogP contribution in [0.3, 0.4) is 0 Å². The third kappa shape index (κ3) is 2.09. The van der Waals surface area contributed by atoms with Gasteiger partial charge < -0.3 is 0 Å². The molecule has 4 rings (SSSR count). The van der Waals surface area contributed by atoms with Crippen LogP contribution >= 0.6 is 11.3 Å². The van der Waals surface area contributed by atoms with Crippen LogP contribution in [0.4, 0.5) is 5.13 Å². The van der Waals surface area contributed by atoms with Crippen LogP contribution in [0.5, 0.6) is 0 Å². The van der Waals surface area contributed by atoms with Gasteiger partial charge in [0.1, 0.15) is 5.01 Å². The number of anilines is 1. The smallest absolute Gasteiger partial charge is 0.258 e. The molecule has 0 unspecified atom stereocenters. The van der Waals surface area contributed by atoms with E-state index in [1.807, 2.05) is 25.1 Å². The lowest BCUT2D eigenvalue weighted by molar-refractivity contribution is 0.102. The van der Waals surface area contributed by atoms with Crippen LogP contribution < -0.4 is 5.32 Å². The summed E-state index contributed by atoms with van der Waals surface area (Å²) in [6.07, 6.45) is 2.95. The fourth-order valence-electron chi connectivity index (χ4n) is 3.06. The Labute approximate surface area is 132 Å². The maximum atomic E-state index is 12.6. The van der Waals surface area contributed by atoms with Gasteiger partial charge in [0.2, 0.25) is 5.13 Å². The van der Waals surface area contributed by atoms with E-state index in [0.717, 1.165) is 29.7 Å². The number of aromatic nitrogens is 2. The van der Waals surface area contributed by atoms with Crippen molar-refractivity contribution in [3.8, 4) is 0 Å². The summed E-state index contributed by atoms with van der Waals surface area (Å²) in [7, 11) is 0. The van der Waals surface area contributed by atoms with Crippen LogP contribution in [0.2, 0.25) is 0 Å². The van der Waals surface area contributed by atoms with E-state index < -0.39 is 0 Å². The highest BCUT2D eigenvalue weighted by Gasteiger charge is 2.19. The Morgan fingerprint density at radius 1 is 1.18 bits per heavy atom. The maximum Gasteiger partial charge on any atom is 0.258 e. The number of carbonyl (C=O) groups is 1. The van der Waals surface area contributed by atoms with Gasteiger partial charge in [-0.1, -0.05) is 42.5 Å². The minimum atomic E-state index is -0.116. The second-order valence-electron chi connectivity index (χ2n) is 5.42. The van der Waals surface area contributed by atoms with E-state index in [1.165, 1.54) is 27.8 Å². The van der Waals surface area contributed by atoms with E-state index in [9.17, 15) is 4.79 Å². The Morgan fingerprint density at radius 2 is 2.00 bits per heavy atom. The highest BCUT2D eigenvalue weighted by atomic mass is 32.1. The number of nitrogens with one attached hydrogen (secondary N) is 1. The second-order valence-corrected chi connectivity index (χ2v) is 6.48. The normalized spacial score (nSPS) is 12.8. The van der Waals surface area contributed by atoms with Crippen LogP contribution in [0.1, 0.15) is 33.4 Å². The summed E-state index contributed by atoms with van der Waals surface area (Å²) in [5.74, 6) is -0.116. The van der Waals surface area contributed by atoms with Gasteiger partial charge in [-0.2, -0.15) is 0 Å². The van der Waals surface area contributed by atoms with Gasteiger partial charge in [-0.25, -0.2) is 0 Å². The lowest BCUT2D eigenvalue weighted by Gasteiger charge is -2.08. The van der Waals surface area contributed by atoms with E-state index in [-0.39, 0.29) is 5.91 Å². The van der Waals surface area contributed by atoms with Crippen molar-refractivity contribution in [1.82, 2.24) is 10.2 Å². The summed E-state index contributed by atoms with van der Waals surface area (Å²) in [6.45, 7) is 2.02. The first-order valence-electron chi connectivity index (χ1n) is 7.43. The number of nitrogens with zero attached hydrogens (tertiary/aromatic N) is 2. The minimum Gasteiger partial charge on any atom is -0.296 e. The van der Waals surface area contributed by atoms with Crippen LogP contribution in [0.15, 0.2) is 30.3 Å². The fourth-order valence-corrected chi connectivity index (χ4v) is 3.73. The molecule has 0 bridgehead atoms. The van der Waals surface area contributed by atoms with Gasteiger partial charge in [0.05, 0.1) is 0 Å². The summed E-state index contributed by atoms with van der Waals surface area (Å²) in [5, 5.41) is 14.7. The third-order valence-corrected chi connectivity index (χ3v) is 5.09. The predicted molar refractivity (Wildman–Crippen MR) is 88.6 cm³/mol. The molecule has 22 heavy (non-hydrogen) atoms. The minimum absolute atomic E-state index is 0.116. The number of benzene rings is 2. The lowest BCUT2D eigenvalue weighted by Crippen LogP contribution is -2.12. The standard InChI is InChI=1S/C17H15N3OS/c1-2-14-19-20-17(22-14)18-16(21)13-9-8-11-7-6-10-4-3-5-12(13)15(10)11/h3-5,8-9H,2,6-7H2,1H3,(H,18,20,21). The highest BCUT2D eigenvalue weighted by Crippen LogP contribution is 2.33. The lowest BCUT2D eigenvalue weighted by atomic mass is 9.99. The molecule has 0 radical (unpaired) electrons. The van der Waals surface area contributed by atoms with Crippen LogP contribution in [-0.4, -0.2) is 16.1 Å². The number of amides is 1. The molecule has 0 fully saturated rings. The second kappa shape index (κ2) is 5.18. The molecule has 0 saturated heterocycles. The van der Waals surface area contributed by atoms with Crippen LogP contribution in [0, 0.1) is 0 Å². The Kier molecular flexibility index (Phi) is 3.15. The Balaban J connectivity index is 1.73. The summed E-state index contributed by atoms with van der Waals surface area (Å²) in [5.41, 5.74) is 3.38. The summed E-state index contributed by atoms with van der Waals surface area (Å²) >= 11 is 1.43. The summed E-state index contributed by atoms with van der Waals surface area (Å²) in [6, 6.07) is 10.2. The Bertz CT molecular complexity index is 874. The number of aryl methyl sites for hydroxylation is 3. The van der Waals surface area contributed by atoms with Crippen molar-refractivity contribution >= 4 is 33.1 Å². The first kappa shape index (κ1) is 13.4. The van der Waals surface area contributed by atoms with E-state index in [4.69, 9.17) is 0 Å². The van der Waals surface area contributed by atoms with E-state index in [2.05, 4.69) is 27.6 Å². The van der Waals surface area contributed by atoms with Crippen molar-refractivity contribution in [1.29, 1.82) is 0 Å². The van der Waals surface area contributed by atoms with Gasteiger partial charge >= 0.3 is 0 Å². The van der Waals surface area contributed by atoms with Crippen LogP contribution in [-0.2, 0) is 19.3 Å². The molecule has 0 spiro atoms. The van der Waals surface area contributed by atoms with Gasteiger partial charge in [-0.05, 0) is 47.2 Å². The molecule has 1 amide bonds. The molecule has 1 aliphatic rings. The molecule has 4 nitrogen and oxygen atoms in total. The molecule has 1 aromatic heterocycles. The van der Waals surface area contributed by atoms with Crippen molar-refractivity contribution in [2.75, 3.05) is 5.32 Å². The molecule has 0 saturated carbocycles. The molecule has 1 aliphatic carbocycles. The Hall–Kier alpha value is -2.27.